The van der Waals surface area contributed by atoms with E-state index in [4.69, 9.17) is 5.73 Å². The third kappa shape index (κ3) is 1.56. The van der Waals surface area contributed by atoms with Gasteiger partial charge in [-0.2, -0.15) is 4.73 Å². The van der Waals surface area contributed by atoms with Crippen molar-refractivity contribution in [1.82, 2.24) is 0 Å². The molecule has 0 amide bonds. The molecule has 1 heterocycles. The maximum Gasteiger partial charge on any atom is 0.209 e. The third-order valence-electron chi connectivity index (χ3n) is 1.93. The van der Waals surface area contributed by atoms with E-state index in [1.165, 1.54) is 0 Å². The highest BCUT2D eigenvalue weighted by molar-refractivity contribution is 5.20. The van der Waals surface area contributed by atoms with Crippen LogP contribution in [0, 0.1) is 12.1 Å². The van der Waals surface area contributed by atoms with Crippen LogP contribution in [0.3, 0.4) is 0 Å². The summed E-state index contributed by atoms with van der Waals surface area (Å²) in [6.07, 6.45) is 2.41. The van der Waals surface area contributed by atoms with Crippen LogP contribution >= 0.6 is 0 Å². The second kappa shape index (κ2) is 3.54. The van der Waals surface area contributed by atoms with E-state index in [9.17, 15) is 5.21 Å². The molecule has 0 bridgehead atoms. The molecule has 2 N–H and O–H groups in total. The van der Waals surface area contributed by atoms with E-state index < -0.39 is 0 Å². The first kappa shape index (κ1) is 9.00. The molecule has 3 heteroatoms. The van der Waals surface area contributed by atoms with E-state index in [-0.39, 0.29) is 0 Å². The predicted molar refractivity (Wildman–Crippen MR) is 47.4 cm³/mol. The van der Waals surface area contributed by atoms with Crippen LogP contribution in [0.25, 0.3) is 0 Å². The molecule has 3 nitrogen and oxygen atoms in total. The highest BCUT2D eigenvalue weighted by Gasteiger charge is 2.09. The fourth-order valence-electron chi connectivity index (χ4n) is 1.33. The van der Waals surface area contributed by atoms with Crippen LogP contribution in [0.2, 0.25) is 0 Å². The lowest BCUT2D eigenvalue weighted by Crippen LogP contribution is -2.35. The summed E-state index contributed by atoms with van der Waals surface area (Å²) in [6.45, 7) is 4.24. The second-order valence-electron chi connectivity index (χ2n) is 2.87. The molecule has 12 heavy (non-hydrogen) atoms. The number of pyridine rings is 1. The monoisotopic (exact) mass is 166 g/mol. The molecule has 66 valence electrons. The average Bonchev–Trinajstić information content (AvgIpc) is 2.03. The second-order valence-corrected chi connectivity index (χ2v) is 2.87. The van der Waals surface area contributed by atoms with Crippen LogP contribution in [0.15, 0.2) is 12.3 Å². The lowest BCUT2D eigenvalue weighted by Gasteiger charge is -2.07. The summed E-state index contributed by atoms with van der Waals surface area (Å²) >= 11 is 0. The molecule has 0 radical (unpaired) electrons. The number of nitrogens with two attached hydrogens (primary N) is 1. The van der Waals surface area contributed by atoms with Crippen molar-refractivity contribution in [3.05, 3.63) is 34.3 Å². The van der Waals surface area contributed by atoms with E-state index in [1.807, 2.05) is 19.9 Å². The predicted octanol–water partition coefficient (Wildman–Crippen LogP) is 0.650. The summed E-state index contributed by atoms with van der Waals surface area (Å²) in [7, 11) is 0. The molecule has 0 aliphatic carbocycles. The summed E-state index contributed by atoms with van der Waals surface area (Å²) in [5.74, 6) is 0. The van der Waals surface area contributed by atoms with Crippen LogP contribution in [0.5, 0.6) is 0 Å². The van der Waals surface area contributed by atoms with Crippen molar-refractivity contribution >= 4 is 0 Å². The number of aromatic nitrogens is 1. The van der Waals surface area contributed by atoms with Gasteiger partial charge < -0.3 is 10.9 Å². The first-order valence-electron chi connectivity index (χ1n) is 4.10. The van der Waals surface area contributed by atoms with Gasteiger partial charge in [0.05, 0.1) is 6.54 Å². The van der Waals surface area contributed by atoms with E-state index in [2.05, 4.69) is 0 Å². The standard InChI is InChI=1S/C9H14N2O/c1-3-8-4-7(2)6-11(12)9(8)5-10/h4,6H,3,5,10H2,1-2H3. The van der Waals surface area contributed by atoms with Gasteiger partial charge in [0.15, 0.2) is 6.20 Å². The average molecular weight is 166 g/mol. The van der Waals surface area contributed by atoms with Crippen LogP contribution < -0.4 is 10.5 Å². The summed E-state index contributed by atoms with van der Waals surface area (Å²) in [5, 5.41) is 11.3. The van der Waals surface area contributed by atoms with Gasteiger partial charge in [0.25, 0.3) is 0 Å². The van der Waals surface area contributed by atoms with Crippen molar-refractivity contribution in [3.63, 3.8) is 0 Å². The van der Waals surface area contributed by atoms with Gasteiger partial charge in [-0.05, 0) is 19.4 Å². The minimum Gasteiger partial charge on any atom is -0.618 e. The Morgan fingerprint density at radius 2 is 2.25 bits per heavy atom. The van der Waals surface area contributed by atoms with E-state index in [1.54, 1.807) is 6.20 Å². The lowest BCUT2D eigenvalue weighted by atomic mass is 10.1. The first-order chi connectivity index (χ1) is 5.69. The Balaban J connectivity index is 3.24. The van der Waals surface area contributed by atoms with Crippen LogP contribution in [-0.4, -0.2) is 0 Å². The summed E-state index contributed by atoms with van der Waals surface area (Å²) in [5.41, 5.74) is 8.17. The molecule has 0 atom stereocenters. The molecule has 0 aliphatic heterocycles. The van der Waals surface area contributed by atoms with Crippen molar-refractivity contribution in [2.75, 3.05) is 0 Å². The topological polar surface area (TPSA) is 53.0 Å². The summed E-state index contributed by atoms with van der Waals surface area (Å²) < 4.78 is 0.869. The molecule has 0 fully saturated rings. The van der Waals surface area contributed by atoms with Crippen molar-refractivity contribution in [2.24, 2.45) is 5.73 Å². The van der Waals surface area contributed by atoms with E-state index in [0.29, 0.717) is 12.2 Å². The Morgan fingerprint density at radius 1 is 1.58 bits per heavy atom. The first-order valence-corrected chi connectivity index (χ1v) is 4.10. The normalized spacial score (nSPS) is 10.2. The molecule has 0 saturated heterocycles. The zero-order chi connectivity index (χ0) is 9.14. The highest BCUT2D eigenvalue weighted by Crippen LogP contribution is 2.06. The van der Waals surface area contributed by atoms with Gasteiger partial charge in [-0.15, -0.1) is 0 Å². The van der Waals surface area contributed by atoms with Gasteiger partial charge in [0.1, 0.15) is 0 Å². The zero-order valence-corrected chi connectivity index (χ0v) is 7.50. The van der Waals surface area contributed by atoms with Gasteiger partial charge in [0.2, 0.25) is 5.69 Å². The maximum absolute atomic E-state index is 11.3. The van der Waals surface area contributed by atoms with Crippen molar-refractivity contribution in [3.8, 4) is 0 Å². The van der Waals surface area contributed by atoms with Crippen molar-refractivity contribution < 1.29 is 4.73 Å². The van der Waals surface area contributed by atoms with Gasteiger partial charge >= 0.3 is 0 Å². The SMILES string of the molecule is CCc1cc(C)c[n+]([O-])c1CN. The fourth-order valence-corrected chi connectivity index (χ4v) is 1.33. The van der Waals surface area contributed by atoms with Crippen LogP contribution in [0.1, 0.15) is 23.7 Å². The van der Waals surface area contributed by atoms with Crippen LogP contribution in [-0.2, 0) is 13.0 Å². The number of nitrogens with zero attached hydrogens (tertiary/aromatic N) is 1. The molecule has 0 aliphatic rings. The van der Waals surface area contributed by atoms with E-state index in [0.717, 1.165) is 22.3 Å². The minimum atomic E-state index is 0.312. The molecule has 0 saturated carbocycles. The smallest absolute Gasteiger partial charge is 0.209 e. The Bertz CT molecular complexity index is 284. The summed E-state index contributed by atoms with van der Waals surface area (Å²) in [6, 6.07) is 2.01. The summed E-state index contributed by atoms with van der Waals surface area (Å²) in [4.78, 5) is 0. The molecular weight excluding hydrogens is 152 g/mol. The quantitative estimate of drug-likeness (QED) is 0.518. The third-order valence-corrected chi connectivity index (χ3v) is 1.93. The fraction of sp³-hybridized carbons (Fsp3) is 0.444. The molecule has 0 aromatic carbocycles. The zero-order valence-electron chi connectivity index (χ0n) is 7.50. The Labute approximate surface area is 72.4 Å². The molecule has 1 aromatic heterocycles. The molecule has 1 rings (SSSR count). The number of hydrogen-bond donors (Lipinski definition) is 1. The minimum absolute atomic E-state index is 0.312. The van der Waals surface area contributed by atoms with Gasteiger partial charge in [-0.25, -0.2) is 0 Å². The molecule has 0 spiro atoms. The Hall–Kier alpha value is -1.09. The lowest BCUT2D eigenvalue weighted by molar-refractivity contribution is -0.614. The Kier molecular flexibility index (Phi) is 2.65. The van der Waals surface area contributed by atoms with Gasteiger partial charge in [-0.1, -0.05) is 6.92 Å². The number of rotatable bonds is 2. The van der Waals surface area contributed by atoms with Crippen molar-refractivity contribution in [2.45, 2.75) is 26.8 Å². The number of aryl methyl sites for hydroxylation is 2. The Morgan fingerprint density at radius 3 is 2.75 bits per heavy atom. The number of hydrogen-bond acceptors (Lipinski definition) is 2. The van der Waals surface area contributed by atoms with Crippen molar-refractivity contribution in [1.29, 1.82) is 0 Å². The molecule has 0 unspecified atom stereocenters. The van der Waals surface area contributed by atoms with E-state index >= 15 is 0 Å². The molecule has 1 aromatic rings. The molecular formula is C9H14N2O. The largest absolute Gasteiger partial charge is 0.618 e. The highest BCUT2D eigenvalue weighted by atomic mass is 16.5. The van der Waals surface area contributed by atoms with Gasteiger partial charge in [0, 0.05) is 11.1 Å². The van der Waals surface area contributed by atoms with Crippen LogP contribution in [0.4, 0.5) is 0 Å². The maximum atomic E-state index is 11.3. The van der Waals surface area contributed by atoms with Gasteiger partial charge in [-0.3, -0.25) is 0 Å².